The molecule has 3 amide bonds. The Morgan fingerprint density at radius 3 is 2.55 bits per heavy atom. The first-order valence-electron chi connectivity index (χ1n) is 6.20. The average molecular weight is 277 g/mol. The zero-order valence-corrected chi connectivity index (χ0v) is 11.3. The molecule has 6 nitrogen and oxygen atoms in total. The molecule has 1 aromatic rings. The molecule has 0 unspecified atom stereocenters. The maximum absolute atomic E-state index is 11.7. The zero-order valence-electron chi connectivity index (χ0n) is 11.3. The third-order valence-electron chi connectivity index (χ3n) is 2.40. The molecule has 1 aromatic heterocycles. The van der Waals surface area contributed by atoms with Gasteiger partial charge >= 0.3 is 6.03 Å². The first-order chi connectivity index (χ1) is 9.65. The van der Waals surface area contributed by atoms with Gasteiger partial charge in [0.2, 0.25) is 5.91 Å². The van der Waals surface area contributed by atoms with Crippen LogP contribution in [-0.2, 0) is 11.3 Å². The molecule has 0 aliphatic heterocycles. The Labute approximate surface area is 118 Å². The minimum Gasteiger partial charge on any atom is -0.467 e. The van der Waals surface area contributed by atoms with Gasteiger partial charge in [0.25, 0.3) is 0 Å². The van der Waals surface area contributed by atoms with E-state index in [0.717, 1.165) is 0 Å². The highest BCUT2D eigenvalue weighted by molar-refractivity contribution is 5.95. The first kappa shape index (κ1) is 15.7. The molecule has 0 saturated carbocycles. The quantitative estimate of drug-likeness (QED) is 0.702. The molecule has 0 bridgehead atoms. The summed E-state index contributed by atoms with van der Waals surface area (Å²) in [7, 11) is 0. The number of hydrogen-bond acceptors (Lipinski definition) is 4. The molecule has 20 heavy (non-hydrogen) atoms. The van der Waals surface area contributed by atoms with E-state index in [0.29, 0.717) is 18.8 Å². The maximum atomic E-state index is 11.7. The Balaban J connectivity index is 2.30. The van der Waals surface area contributed by atoms with Crippen LogP contribution in [0.4, 0.5) is 4.79 Å². The molecule has 1 heterocycles. The van der Waals surface area contributed by atoms with Crippen LogP contribution >= 0.6 is 0 Å². The van der Waals surface area contributed by atoms with Crippen LogP contribution in [-0.4, -0.2) is 36.5 Å². The minimum absolute atomic E-state index is 0.103. The Hall–Kier alpha value is -2.34. The van der Waals surface area contributed by atoms with E-state index in [9.17, 15) is 9.59 Å². The lowest BCUT2D eigenvalue weighted by Crippen LogP contribution is -2.44. The largest absolute Gasteiger partial charge is 0.467 e. The predicted molar refractivity (Wildman–Crippen MR) is 75.9 cm³/mol. The zero-order chi connectivity index (χ0) is 14.8. The van der Waals surface area contributed by atoms with Crippen LogP contribution in [0, 0.1) is 0 Å². The van der Waals surface area contributed by atoms with Crippen molar-refractivity contribution in [2.45, 2.75) is 6.54 Å². The third-order valence-corrected chi connectivity index (χ3v) is 2.40. The molecule has 6 heteroatoms. The van der Waals surface area contributed by atoms with Crippen LogP contribution in [0.1, 0.15) is 5.76 Å². The number of amides is 3. The second-order valence-electron chi connectivity index (χ2n) is 4.08. The Morgan fingerprint density at radius 2 is 2.00 bits per heavy atom. The van der Waals surface area contributed by atoms with Crippen LogP contribution in [0.5, 0.6) is 0 Å². The van der Waals surface area contributed by atoms with Crippen LogP contribution in [0.25, 0.3) is 0 Å². The molecule has 1 rings (SSSR count). The van der Waals surface area contributed by atoms with Crippen molar-refractivity contribution < 1.29 is 14.0 Å². The number of rotatable bonds is 8. The summed E-state index contributed by atoms with van der Waals surface area (Å²) in [4.78, 5) is 25.0. The highest BCUT2D eigenvalue weighted by Gasteiger charge is 2.11. The second-order valence-corrected chi connectivity index (χ2v) is 4.08. The number of furan rings is 1. The van der Waals surface area contributed by atoms with Gasteiger partial charge in [0.15, 0.2) is 0 Å². The molecule has 0 saturated heterocycles. The molecular formula is C14H19N3O3. The van der Waals surface area contributed by atoms with Gasteiger partial charge < -0.3 is 9.73 Å². The summed E-state index contributed by atoms with van der Waals surface area (Å²) >= 11 is 0. The monoisotopic (exact) mass is 277 g/mol. The van der Waals surface area contributed by atoms with Crippen LogP contribution in [0.15, 0.2) is 48.1 Å². The lowest BCUT2D eigenvalue weighted by molar-refractivity contribution is -0.120. The molecular weight excluding hydrogens is 258 g/mol. The van der Waals surface area contributed by atoms with E-state index >= 15 is 0 Å². The lowest BCUT2D eigenvalue weighted by Gasteiger charge is -2.17. The number of carbonyl (C=O) groups excluding carboxylic acids is 2. The number of hydrogen-bond donors (Lipinski definition) is 2. The highest BCUT2D eigenvalue weighted by atomic mass is 16.3. The summed E-state index contributed by atoms with van der Waals surface area (Å²) in [6.07, 6.45) is 4.89. The standard InChI is InChI=1S/C14H19N3O3/c1-3-7-17(8-4-2)11-13(18)16-14(19)15-10-12-6-5-9-20-12/h3-6,9H,1-2,7-8,10-11H2,(H2,15,16,18,19). The number of urea groups is 1. The van der Waals surface area contributed by atoms with Gasteiger partial charge in [-0.2, -0.15) is 0 Å². The van der Waals surface area contributed by atoms with E-state index < -0.39 is 6.03 Å². The first-order valence-corrected chi connectivity index (χ1v) is 6.20. The van der Waals surface area contributed by atoms with Gasteiger partial charge in [-0.05, 0) is 12.1 Å². The van der Waals surface area contributed by atoms with Crippen LogP contribution in [0.2, 0.25) is 0 Å². The van der Waals surface area contributed by atoms with Crippen molar-refractivity contribution in [1.29, 1.82) is 0 Å². The second kappa shape index (κ2) is 8.71. The third kappa shape index (κ3) is 6.01. The maximum Gasteiger partial charge on any atom is 0.321 e. The van der Waals surface area contributed by atoms with Gasteiger partial charge in [0.1, 0.15) is 5.76 Å². The number of carbonyl (C=O) groups is 2. The van der Waals surface area contributed by atoms with E-state index in [1.165, 1.54) is 6.26 Å². The number of nitrogens with zero attached hydrogens (tertiary/aromatic N) is 1. The van der Waals surface area contributed by atoms with Crippen LogP contribution < -0.4 is 10.6 Å². The van der Waals surface area contributed by atoms with Gasteiger partial charge in [-0.3, -0.25) is 15.0 Å². The van der Waals surface area contributed by atoms with Crippen molar-refractivity contribution in [1.82, 2.24) is 15.5 Å². The molecule has 0 fully saturated rings. The van der Waals surface area contributed by atoms with E-state index in [1.807, 2.05) is 0 Å². The highest BCUT2D eigenvalue weighted by Crippen LogP contribution is 1.98. The van der Waals surface area contributed by atoms with Crippen molar-refractivity contribution >= 4 is 11.9 Å². The van der Waals surface area contributed by atoms with Gasteiger partial charge in [-0.25, -0.2) is 4.79 Å². The predicted octanol–water partition coefficient (Wildman–Crippen LogP) is 1.28. The SMILES string of the molecule is C=CCN(CC=C)CC(=O)NC(=O)NCc1ccco1. The number of nitrogens with one attached hydrogen (secondary N) is 2. The van der Waals surface area contributed by atoms with E-state index in [1.54, 1.807) is 29.2 Å². The summed E-state index contributed by atoms with van der Waals surface area (Å²) in [6, 6.07) is 2.91. The lowest BCUT2D eigenvalue weighted by atomic mass is 10.4. The molecule has 108 valence electrons. The van der Waals surface area contributed by atoms with Crippen molar-refractivity contribution in [2.24, 2.45) is 0 Å². The molecule has 0 aliphatic carbocycles. The van der Waals surface area contributed by atoms with E-state index in [4.69, 9.17) is 4.42 Å². The summed E-state index contributed by atoms with van der Waals surface area (Å²) in [5, 5.41) is 4.78. The van der Waals surface area contributed by atoms with Crippen LogP contribution in [0.3, 0.4) is 0 Å². The summed E-state index contributed by atoms with van der Waals surface area (Å²) in [5.41, 5.74) is 0. The van der Waals surface area contributed by atoms with E-state index in [-0.39, 0.29) is 19.0 Å². The minimum atomic E-state index is -0.552. The smallest absolute Gasteiger partial charge is 0.321 e. The van der Waals surface area contributed by atoms with E-state index in [2.05, 4.69) is 23.8 Å². The van der Waals surface area contributed by atoms with Crippen molar-refractivity contribution in [3.63, 3.8) is 0 Å². The fraction of sp³-hybridized carbons (Fsp3) is 0.286. The van der Waals surface area contributed by atoms with Gasteiger partial charge in [0, 0.05) is 13.1 Å². The van der Waals surface area contributed by atoms with Crippen molar-refractivity contribution in [3.05, 3.63) is 49.5 Å². The topological polar surface area (TPSA) is 74.6 Å². The summed E-state index contributed by atoms with van der Waals surface area (Å²) in [5.74, 6) is 0.234. The fourth-order valence-electron chi connectivity index (χ4n) is 1.56. The molecule has 0 spiro atoms. The Morgan fingerprint density at radius 1 is 1.30 bits per heavy atom. The van der Waals surface area contributed by atoms with Gasteiger partial charge in [-0.1, -0.05) is 12.2 Å². The fourth-order valence-corrected chi connectivity index (χ4v) is 1.56. The molecule has 0 aliphatic rings. The molecule has 0 radical (unpaired) electrons. The van der Waals surface area contributed by atoms with Crippen molar-refractivity contribution in [2.75, 3.05) is 19.6 Å². The summed E-state index contributed by atoms with van der Waals surface area (Å²) in [6.45, 7) is 8.66. The van der Waals surface area contributed by atoms with Gasteiger partial charge in [-0.15, -0.1) is 13.2 Å². The molecule has 0 aromatic carbocycles. The normalized spacial score (nSPS) is 10.1. The van der Waals surface area contributed by atoms with Crippen molar-refractivity contribution in [3.8, 4) is 0 Å². The Kier molecular flexibility index (Phi) is 6.84. The Bertz CT molecular complexity index is 444. The average Bonchev–Trinajstić information content (AvgIpc) is 2.90. The number of imide groups is 1. The molecule has 2 N–H and O–H groups in total. The van der Waals surface area contributed by atoms with Gasteiger partial charge in [0.05, 0.1) is 19.4 Å². The molecule has 0 atom stereocenters. The summed E-state index contributed by atoms with van der Waals surface area (Å²) < 4.78 is 5.06.